The molecule has 0 fully saturated rings. The SMILES string of the molecule is c1ccc(-c2nc(-c3cccc4ccccc34)nc(-c3cccc4oc5cc6ccc(-c7cc8ccccc8c8ccccc78)cc6cc5c34)n2)cc1. The summed E-state index contributed by atoms with van der Waals surface area (Å²) in [5, 5.41) is 11.5. The first-order chi connectivity index (χ1) is 26.2. The molecule has 0 unspecified atom stereocenters. The van der Waals surface area contributed by atoms with E-state index in [-0.39, 0.29) is 0 Å². The summed E-state index contributed by atoms with van der Waals surface area (Å²) in [6, 6.07) is 61.7. The number of hydrogen-bond donors (Lipinski definition) is 0. The predicted octanol–water partition coefficient (Wildman–Crippen LogP) is 13.1. The van der Waals surface area contributed by atoms with Gasteiger partial charge in [-0.15, -0.1) is 0 Å². The lowest BCUT2D eigenvalue weighted by Crippen LogP contribution is -2.00. The van der Waals surface area contributed by atoms with E-state index in [2.05, 4.69) is 133 Å². The van der Waals surface area contributed by atoms with E-state index in [4.69, 9.17) is 19.4 Å². The van der Waals surface area contributed by atoms with Crippen LogP contribution in [0.25, 0.3) is 110 Å². The molecule has 0 radical (unpaired) electrons. The van der Waals surface area contributed by atoms with Crippen molar-refractivity contribution in [2.24, 2.45) is 0 Å². The Morgan fingerprint density at radius 3 is 1.83 bits per heavy atom. The fourth-order valence-corrected chi connectivity index (χ4v) is 7.97. The summed E-state index contributed by atoms with van der Waals surface area (Å²) in [6.45, 7) is 0. The van der Waals surface area contributed by atoms with Crippen LogP contribution >= 0.6 is 0 Å². The Balaban J connectivity index is 1.14. The van der Waals surface area contributed by atoms with Crippen LogP contribution in [0.4, 0.5) is 0 Å². The molecule has 53 heavy (non-hydrogen) atoms. The van der Waals surface area contributed by atoms with Crippen LogP contribution in [0.3, 0.4) is 0 Å². The number of furan rings is 1. The number of rotatable bonds is 4. The van der Waals surface area contributed by atoms with Crippen molar-refractivity contribution >= 4 is 65.0 Å². The van der Waals surface area contributed by atoms with Gasteiger partial charge in [-0.2, -0.15) is 0 Å². The molecule has 0 amide bonds. The highest BCUT2D eigenvalue weighted by Gasteiger charge is 2.19. The van der Waals surface area contributed by atoms with Crippen molar-refractivity contribution in [1.82, 2.24) is 15.0 Å². The number of nitrogens with zero attached hydrogens (tertiary/aromatic N) is 3. The zero-order valence-electron chi connectivity index (χ0n) is 28.5. The molecule has 0 spiro atoms. The third kappa shape index (κ3) is 4.80. The van der Waals surface area contributed by atoms with Gasteiger partial charge in [-0.1, -0.05) is 146 Å². The lowest BCUT2D eigenvalue weighted by Gasteiger charge is -2.12. The average molecular weight is 676 g/mol. The van der Waals surface area contributed by atoms with Crippen molar-refractivity contribution in [1.29, 1.82) is 0 Å². The minimum Gasteiger partial charge on any atom is -0.456 e. The van der Waals surface area contributed by atoms with E-state index >= 15 is 0 Å². The minimum atomic E-state index is 0.603. The van der Waals surface area contributed by atoms with Crippen molar-refractivity contribution in [3.63, 3.8) is 0 Å². The van der Waals surface area contributed by atoms with Gasteiger partial charge in [-0.05, 0) is 84.5 Å². The summed E-state index contributed by atoms with van der Waals surface area (Å²) >= 11 is 0. The van der Waals surface area contributed by atoms with Gasteiger partial charge in [0.15, 0.2) is 17.5 Å². The largest absolute Gasteiger partial charge is 0.456 e. The quantitative estimate of drug-likeness (QED) is 0.174. The molecule has 0 aliphatic carbocycles. The fraction of sp³-hybridized carbons (Fsp3) is 0. The van der Waals surface area contributed by atoms with Gasteiger partial charge in [-0.25, -0.2) is 15.0 Å². The van der Waals surface area contributed by atoms with Crippen LogP contribution in [-0.2, 0) is 0 Å². The first-order valence-corrected chi connectivity index (χ1v) is 17.9. The van der Waals surface area contributed by atoms with Crippen LogP contribution in [0.1, 0.15) is 0 Å². The second-order valence-corrected chi connectivity index (χ2v) is 13.6. The van der Waals surface area contributed by atoms with Crippen LogP contribution in [0.15, 0.2) is 180 Å². The third-order valence-corrected chi connectivity index (χ3v) is 10.5. The smallest absolute Gasteiger partial charge is 0.164 e. The molecule has 0 saturated carbocycles. The van der Waals surface area contributed by atoms with Crippen LogP contribution in [-0.4, -0.2) is 15.0 Å². The van der Waals surface area contributed by atoms with Crippen molar-refractivity contribution < 1.29 is 4.42 Å². The second-order valence-electron chi connectivity index (χ2n) is 13.6. The van der Waals surface area contributed by atoms with E-state index in [1.165, 1.54) is 32.7 Å². The van der Waals surface area contributed by atoms with E-state index in [9.17, 15) is 0 Å². The van der Waals surface area contributed by atoms with Crippen molar-refractivity contribution in [3.05, 3.63) is 176 Å². The molecule has 4 heteroatoms. The Morgan fingerprint density at radius 2 is 0.962 bits per heavy atom. The first-order valence-electron chi connectivity index (χ1n) is 17.9. The van der Waals surface area contributed by atoms with Crippen LogP contribution < -0.4 is 0 Å². The van der Waals surface area contributed by atoms with Crippen LogP contribution in [0.5, 0.6) is 0 Å². The minimum absolute atomic E-state index is 0.603. The Kier molecular flexibility index (Phi) is 6.52. The van der Waals surface area contributed by atoms with Gasteiger partial charge in [-0.3, -0.25) is 0 Å². The molecule has 0 N–H and O–H groups in total. The molecule has 9 aromatic carbocycles. The van der Waals surface area contributed by atoms with E-state index < -0.39 is 0 Å². The number of aromatic nitrogens is 3. The summed E-state index contributed by atoms with van der Waals surface area (Å²) in [4.78, 5) is 15.4. The van der Waals surface area contributed by atoms with Gasteiger partial charge in [0.05, 0.1) is 0 Å². The Hall–Kier alpha value is -7.17. The lowest BCUT2D eigenvalue weighted by atomic mass is 9.92. The van der Waals surface area contributed by atoms with E-state index in [0.29, 0.717) is 17.5 Å². The van der Waals surface area contributed by atoms with Crippen molar-refractivity contribution in [2.45, 2.75) is 0 Å². The highest BCUT2D eigenvalue weighted by molar-refractivity contribution is 6.17. The molecular formula is C49H29N3O. The van der Waals surface area contributed by atoms with Gasteiger partial charge in [0, 0.05) is 27.5 Å². The molecule has 11 aromatic rings. The monoisotopic (exact) mass is 675 g/mol. The summed E-state index contributed by atoms with van der Waals surface area (Å²) in [6.07, 6.45) is 0. The molecule has 2 heterocycles. The van der Waals surface area contributed by atoms with Crippen LogP contribution in [0.2, 0.25) is 0 Å². The second kappa shape index (κ2) is 11.7. The number of hydrogen-bond acceptors (Lipinski definition) is 4. The number of fused-ring (bicyclic) bond motifs is 8. The van der Waals surface area contributed by atoms with Crippen molar-refractivity contribution in [3.8, 4) is 45.3 Å². The zero-order chi connectivity index (χ0) is 34.9. The maximum Gasteiger partial charge on any atom is 0.164 e. The number of benzene rings is 9. The zero-order valence-corrected chi connectivity index (χ0v) is 28.5. The van der Waals surface area contributed by atoms with Crippen LogP contribution in [0, 0.1) is 0 Å². The molecule has 0 saturated heterocycles. The normalized spacial score (nSPS) is 11.8. The van der Waals surface area contributed by atoms with Gasteiger partial charge in [0.2, 0.25) is 0 Å². The van der Waals surface area contributed by atoms with Gasteiger partial charge < -0.3 is 4.42 Å². The molecular weight excluding hydrogens is 647 g/mol. The molecule has 0 bridgehead atoms. The topological polar surface area (TPSA) is 51.8 Å². The predicted molar refractivity (Wildman–Crippen MR) is 219 cm³/mol. The standard InChI is InChI=1S/C49H29N3O/c1-2-13-31(14-3-1)47-50-48(40-21-10-16-30-12-4-6-17-36(30)40)52-49(51-47)41-22-11-23-44-46(41)43-28-35-26-34(25-24-32(35)29-45(43)53-44)42-27-33-15-5-7-18-37(33)38-19-8-9-20-39(38)42/h1-29H. The first kappa shape index (κ1) is 29.5. The molecule has 2 aromatic heterocycles. The molecule has 0 aliphatic heterocycles. The summed E-state index contributed by atoms with van der Waals surface area (Å²) in [7, 11) is 0. The molecule has 0 atom stereocenters. The van der Waals surface area contributed by atoms with E-state index in [0.717, 1.165) is 60.2 Å². The average Bonchev–Trinajstić information content (AvgIpc) is 3.59. The molecule has 246 valence electrons. The Bertz CT molecular complexity index is 3230. The van der Waals surface area contributed by atoms with E-state index in [1.807, 2.05) is 42.5 Å². The third-order valence-electron chi connectivity index (χ3n) is 10.5. The van der Waals surface area contributed by atoms with Crippen molar-refractivity contribution in [2.75, 3.05) is 0 Å². The highest BCUT2D eigenvalue weighted by atomic mass is 16.3. The molecule has 4 nitrogen and oxygen atoms in total. The maximum absolute atomic E-state index is 6.56. The lowest BCUT2D eigenvalue weighted by molar-refractivity contribution is 0.669. The molecule has 11 rings (SSSR count). The fourth-order valence-electron chi connectivity index (χ4n) is 7.97. The summed E-state index contributed by atoms with van der Waals surface area (Å²) < 4.78 is 6.56. The maximum atomic E-state index is 6.56. The van der Waals surface area contributed by atoms with Gasteiger partial charge >= 0.3 is 0 Å². The van der Waals surface area contributed by atoms with E-state index in [1.54, 1.807) is 0 Å². The van der Waals surface area contributed by atoms with Gasteiger partial charge in [0.1, 0.15) is 11.2 Å². The molecule has 0 aliphatic rings. The summed E-state index contributed by atoms with van der Waals surface area (Å²) in [5.41, 5.74) is 6.82. The Labute approximate surface area is 304 Å². The summed E-state index contributed by atoms with van der Waals surface area (Å²) in [5.74, 6) is 1.86. The highest BCUT2D eigenvalue weighted by Crippen LogP contribution is 2.41. The Morgan fingerprint density at radius 1 is 0.302 bits per heavy atom. The van der Waals surface area contributed by atoms with Gasteiger partial charge in [0.25, 0.3) is 0 Å².